The Morgan fingerprint density at radius 3 is 2.78 bits per heavy atom. The summed E-state index contributed by atoms with van der Waals surface area (Å²) in [6.45, 7) is 4.64. The molecule has 0 saturated heterocycles. The van der Waals surface area contributed by atoms with Gasteiger partial charge in [0.25, 0.3) is 0 Å². The zero-order valence-electron chi connectivity index (χ0n) is 15.7. The number of thioether (sulfide) groups is 1. The molecule has 27 heavy (non-hydrogen) atoms. The van der Waals surface area contributed by atoms with E-state index in [-0.39, 0.29) is 11.2 Å². The molecule has 2 heterocycles. The smallest absolute Gasteiger partial charge is 0.233 e. The van der Waals surface area contributed by atoms with Crippen LogP contribution in [0.3, 0.4) is 0 Å². The molecule has 0 radical (unpaired) electrons. The number of fused-ring (bicyclic) bond motifs is 1. The Kier molecular flexibility index (Phi) is 6.68. The van der Waals surface area contributed by atoms with E-state index in [0.717, 1.165) is 33.8 Å². The highest BCUT2D eigenvalue weighted by atomic mass is 32.2. The molecular weight excluding hydrogens is 378 g/mol. The summed E-state index contributed by atoms with van der Waals surface area (Å²) >= 11 is 3.17. The van der Waals surface area contributed by atoms with Gasteiger partial charge in [-0.05, 0) is 43.5 Å². The zero-order valence-corrected chi connectivity index (χ0v) is 17.3. The van der Waals surface area contributed by atoms with Crippen molar-refractivity contribution in [2.24, 2.45) is 0 Å². The van der Waals surface area contributed by atoms with Gasteiger partial charge in [-0.1, -0.05) is 30.8 Å². The summed E-state index contributed by atoms with van der Waals surface area (Å²) in [6, 6.07) is 10.0. The van der Waals surface area contributed by atoms with Crippen LogP contribution in [0.25, 0.3) is 10.2 Å². The van der Waals surface area contributed by atoms with Crippen LogP contribution in [0.2, 0.25) is 0 Å². The minimum Gasteiger partial charge on any atom is -0.497 e. The second kappa shape index (κ2) is 9.19. The minimum atomic E-state index is -0.219. The number of benzene rings is 1. The summed E-state index contributed by atoms with van der Waals surface area (Å²) in [5.41, 5.74) is 1.17. The molecule has 1 unspecified atom stereocenters. The van der Waals surface area contributed by atoms with Crippen LogP contribution in [-0.4, -0.2) is 34.8 Å². The van der Waals surface area contributed by atoms with E-state index in [9.17, 15) is 4.79 Å². The topological polar surface area (TPSA) is 64.1 Å². The fourth-order valence-electron chi connectivity index (χ4n) is 2.64. The lowest BCUT2D eigenvalue weighted by molar-refractivity contribution is -0.120. The third-order valence-electron chi connectivity index (χ3n) is 4.22. The molecule has 0 aliphatic rings. The Hall–Kier alpha value is -2.12. The molecule has 7 heteroatoms. The van der Waals surface area contributed by atoms with Crippen molar-refractivity contribution >= 4 is 39.2 Å². The van der Waals surface area contributed by atoms with Gasteiger partial charge < -0.3 is 10.1 Å². The number of ether oxygens (including phenoxy) is 1. The monoisotopic (exact) mass is 401 g/mol. The molecule has 5 nitrogen and oxygen atoms in total. The number of nitrogens with one attached hydrogen (secondary N) is 1. The van der Waals surface area contributed by atoms with Gasteiger partial charge >= 0.3 is 0 Å². The summed E-state index contributed by atoms with van der Waals surface area (Å²) in [5.74, 6) is 0.856. The molecule has 1 atom stereocenters. The number of carbonyl (C=O) groups is 1. The number of nitrogens with zero attached hydrogens (tertiary/aromatic N) is 2. The predicted octanol–water partition coefficient (Wildman–Crippen LogP) is 4.10. The molecule has 1 aromatic carbocycles. The van der Waals surface area contributed by atoms with Gasteiger partial charge in [0, 0.05) is 16.8 Å². The number of hydrogen-bond acceptors (Lipinski definition) is 6. The van der Waals surface area contributed by atoms with Gasteiger partial charge in [0.2, 0.25) is 5.91 Å². The summed E-state index contributed by atoms with van der Waals surface area (Å²) in [7, 11) is 1.65. The average molecular weight is 402 g/mol. The first-order valence-electron chi connectivity index (χ1n) is 8.91. The molecular formula is C20H23N3O2S2. The van der Waals surface area contributed by atoms with E-state index >= 15 is 0 Å². The van der Waals surface area contributed by atoms with Gasteiger partial charge in [0.15, 0.2) is 0 Å². The van der Waals surface area contributed by atoms with Crippen molar-refractivity contribution in [1.29, 1.82) is 0 Å². The van der Waals surface area contributed by atoms with E-state index in [4.69, 9.17) is 4.74 Å². The van der Waals surface area contributed by atoms with Crippen molar-refractivity contribution in [3.8, 4) is 5.75 Å². The van der Waals surface area contributed by atoms with Crippen LogP contribution >= 0.6 is 23.1 Å². The molecule has 3 aromatic rings. The number of aromatic nitrogens is 2. The van der Waals surface area contributed by atoms with Gasteiger partial charge in [-0.15, -0.1) is 11.3 Å². The second-order valence-corrected chi connectivity index (χ2v) is 8.56. The molecule has 2 aromatic heterocycles. The van der Waals surface area contributed by atoms with Crippen molar-refractivity contribution < 1.29 is 9.53 Å². The van der Waals surface area contributed by atoms with Crippen molar-refractivity contribution in [2.45, 2.75) is 37.0 Å². The van der Waals surface area contributed by atoms with Crippen LogP contribution in [0.1, 0.15) is 24.3 Å². The maximum absolute atomic E-state index is 12.4. The number of rotatable bonds is 8. The maximum Gasteiger partial charge on any atom is 0.233 e. The van der Waals surface area contributed by atoms with E-state index in [1.807, 2.05) is 31.2 Å². The first-order chi connectivity index (χ1) is 13.1. The largest absolute Gasteiger partial charge is 0.497 e. The Bertz CT molecular complexity index is 909. The molecule has 0 aliphatic heterocycles. The van der Waals surface area contributed by atoms with Crippen molar-refractivity contribution in [3.05, 3.63) is 47.1 Å². The highest BCUT2D eigenvalue weighted by molar-refractivity contribution is 8.00. The summed E-state index contributed by atoms with van der Waals surface area (Å²) in [5, 5.41) is 4.71. The molecule has 0 spiro atoms. The number of aryl methyl sites for hydroxylation is 1. The first kappa shape index (κ1) is 19.6. The summed E-state index contributed by atoms with van der Waals surface area (Å²) in [6.07, 6.45) is 3.34. The van der Waals surface area contributed by atoms with E-state index < -0.39 is 0 Å². The van der Waals surface area contributed by atoms with E-state index in [2.05, 4.69) is 28.3 Å². The number of hydrogen-bond donors (Lipinski definition) is 1. The SMILES string of the molecule is CCc1cc2c(SC(C)C(=O)NCCc3ccc(OC)cc3)ncnc2s1. The van der Waals surface area contributed by atoms with Crippen molar-refractivity contribution in [2.75, 3.05) is 13.7 Å². The molecule has 1 amide bonds. The maximum atomic E-state index is 12.4. The Morgan fingerprint density at radius 2 is 2.07 bits per heavy atom. The lowest BCUT2D eigenvalue weighted by atomic mass is 10.1. The van der Waals surface area contributed by atoms with Gasteiger partial charge in [0.05, 0.1) is 12.4 Å². The van der Waals surface area contributed by atoms with Crippen LogP contribution in [0, 0.1) is 0 Å². The fraction of sp³-hybridized carbons (Fsp3) is 0.350. The number of carbonyl (C=O) groups excluding carboxylic acids is 1. The van der Waals surface area contributed by atoms with Crippen LogP contribution in [0.4, 0.5) is 0 Å². The normalized spacial score (nSPS) is 12.1. The number of thiophene rings is 1. The third-order valence-corrected chi connectivity index (χ3v) is 6.53. The van der Waals surface area contributed by atoms with Crippen LogP contribution in [0.5, 0.6) is 5.75 Å². The van der Waals surface area contributed by atoms with Gasteiger partial charge in [-0.2, -0.15) is 0 Å². The molecule has 0 bridgehead atoms. The standard InChI is InChI=1S/C20H23N3O2S2/c1-4-16-11-17-19(22-12-23-20(17)27-16)26-13(2)18(24)21-10-9-14-5-7-15(25-3)8-6-14/h5-8,11-13H,4,9-10H2,1-3H3,(H,21,24). The quantitative estimate of drug-likeness (QED) is 0.455. The van der Waals surface area contributed by atoms with Gasteiger partial charge in [0.1, 0.15) is 21.9 Å². The lowest BCUT2D eigenvalue weighted by Gasteiger charge is -2.12. The zero-order chi connectivity index (χ0) is 19.2. The Morgan fingerprint density at radius 1 is 1.30 bits per heavy atom. The molecule has 3 rings (SSSR count). The molecule has 1 N–H and O–H groups in total. The number of methoxy groups -OCH3 is 1. The molecule has 0 saturated carbocycles. The molecule has 0 fully saturated rings. The Labute approximate surface area is 167 Å². The number of amides is 1. The first-order valence-corrected chi connectivity index (χ1v) is 10.6. The summed E-state index contributed by atoms with van der Waals surface area (Å²) in [4.78, 5) is 23.4. The van der Waals surface area contributed by atoms with Crippen LogP contribution < -0.4 is 10.1 Å². The third kappa shape index (κ3) is 4.99. The van der Waals surface area contributed by atoms with Crippen LogP contribution in [0.15, 0.2) is 41.7 Å². The van der Waals surface area contributed by atoms with Gasteiger partial charge in [-0.3, -0.25) is 4.79 Å². The molecule has 142 valence electrons. The second-order valence-electron chi connectivity index (χ2n) is 6.11. The summed E-state index contributed by atoms with van der Waals surface area (Å²) < 4.78 is 5.16. The van der Waals surface area contributed by atoms with E-state index in [0.29, 0.717) is 6.54 Å². The van der Waals surface area contributed by atoms with Crippen molar-refractivity contribution in [1.82, 2.24) is 15.3 Å². The predicted molar refractivity (Wildman–Crippen MR) is 112 cm³/mol. The lowest BCUT2D eigenvalue weighted by Crippen LogP contribution is -2.32. The minimum absolute atomic E-state index is 0.0196. The molecule has 0 aliphatic carbocycles. The highest BCUT2D eigenvalue weighted by Crippen LogP contribution is 2.32. The van der Waals surface area contributed by atoms with E-state index in [1.54, 1.807) is 24.8 Å². The highest BCUT2D eigenvalue weighted by Gasteiger charge is 2.17. The van der Waals surface area contributed by atoms with Crippen LogP contribution in [-0.2, 0) is 17.6 Å². The van der Waals surface area contributed by atoms with Crippen molar-refractivity contribution in [3.63, 3.8) is 0 Å². The average Bonchev–Trinajstić information content (AvgIpc) is 3.13. The van der Waals surface area contributed by atoms with Gasteiger partial charge in [-0.25, -0.2) is 9.97 Å². The Balaban J connectivity index is 1.55. The van der Waals surface area contributed by atoms with E-state index in [1.165, 1.54) is 22.2 Å². The fourth-order valence-corrected chi connectivity index (χ4v) is 4.55.